The molecule has 2 fully saturated rings. The summed E-state index contributed by atoms with van der Waals surface area (Å²) in [5.41, 5.74) is -0.212. The van der Waals surface area contributed by atoms with Crippen LogP contribution in [0.15, 0.2) is 0 Å². The van der Waals surface area contributed by atoms with E-state index in [0.717, 1.165) is 38.5 Å². The molecule has 0 aromatic carbocycles. The van der Waals surface area contributed by atoms with E-state index in [9.17, 15) is 9.59 Å². The highest BCUT2D eigenvalue weighted by atomic mass is 16.5. The van der Waals surface area contributed by atoms with Crippen LogP contribution in [-0.2, 0) is 14.3 Å². The van der Waals surface area contributed by atoms with Crippen molar-refractivity contribution in [3.8, 4) is 0 Å². The Bertz CT molecular complexity index is 319. The van der Waals surface area contributed by atoms with Crippen molar-refractivity contribution >= 4 is 11.9 Å². The zero-order valence-electron chi connectivity index (χ0n) is 10.6. The molecule has 0 radical (unpaired) electrons. The van der Waals surface area contributed by atoms with Gasteiger partial charge in [0.2, 0.25) is 5.91 Å². The molecule has 18 heavy (non-hydrogen) atoms. The average molecular weight is 255 g/mol. The topological polar surface area (TPSA) is 75.6 Å². The Labute approximate surface area is 107 Å². The quantitative estimate of drug-likeness (QED) is 0.776. The number of hydrogen-bond donors (Lipinski definition) is 2. The van der Waals surface area contributed by atoms with Crippen LogP contribution in [0, 0.1) is 5.41 Å². The predicted molar refractivity (Wildman–Crippen MR) is 65.1 cm³/mol. The van der Waals surface area contributed by atoms with Crippen LogP contribution in [0.25, 0.3) is 0 Å². The Morgan fingerprint density at radius 3 is 2.56 bits per heavy atom. The molecule has 0 aromatic rings. The molecule has 0 aromatic heterocycles. The maximum absolute atomic E-state index is 11.9. The lowest BCUT2D eigenvalue weighted by Gasteiger charge is -2.41. The molecule has 5 heteroatoms. The Kier molecular flexibility index (Phi) is 4.22. The van der Waals surface area contributed by atoms with Gasteiger partial charge >= 0.3 is 5.97 Å². The van der Waals surface area contributed by atoms with Crippen molar-refractivity contribution in [3.05, 3.63) is 0 Å². The van der Waals surface area contributed by atoms with E-state index in [-0.39, 0.29) is 23.8 Å². The molecule has 2 aliphatic rings. The number of hydrogen-bond acceptors (Lipinski definition) is 3. The van der Waals surface area contributed by atoms with Gasteiger partial charge < -0.3 is 15.2 Å². The summed E-state index contributed by atoms with van der Waals surface area (Å²) in [7, 11) is 0. The van der Waals surface area contributed by atoms with Crippen LogP contribution >= 0.6 is 0 Å². The van der Waals surface area contributed by atoms with Crippen molar-refractivity contribution in [2.75, 3.05) is 13.2 Å². The normalized spacial score (nSPS) is 26.1. The van der Waals surface area contributed by atoms with Gasteiger partial charge in [0, 0.05) is 13.2 Å². The largest absolute Gasteiger partial charge is 0.481 e. The van der Waals surface area contributed by atoms with E-state index in [1.54, 1.807) is 0 Å². The second-order valence-corrected chi connectivity index (χ2v) is 5.50. The van der Waals surface area contributed by atoms with Crippen molar-refractivity contribution in [3.63, 3.8) is 0 Å². The summed E-state index contributed by atoms with van der Waals surface area (Å²) in [5.74, 6) is -0.857. The third-order valence-corrected chi connectivity index (χ3v) is 4.05. The molecule has 5 nitrogen and oxygen atoms in total. The van der Waals surface area contributed by atoms with Gasteiger partial charge in [0.1, 0.15) is 6.10 Å². The van der Waals surface area contributed by atoms with Gasteiger partial charge in [-0.05, 0) is 37.5 Å². The predicted octanol–water partition coefficient (Wildman–Crippen LogP) is 1.32. The molecular weight excluding hydrogens is 234 g/mol. The molecule has 102 valence electrons. The second kappa shape index (κ2) is 5.69. The van der Waals surface area contributed by atoms with E-state index in [1.807, 2.05) is 0 Å². The molecule has 1 saturated carbocycles. The molecule has 0 bridgehead atoms. The van der Waals surface area contributed by atoms with Crippen LogP contribution in [0.5, 0.6) is 0 Å². The van der Waals surface area contributed by atoms with Gasteiger partial charge in [0.15, 0.2) is 0 Å². The summed E-state index contributed by atoms with van der Waals surface area (Å²) in [4.78, 5) is 22.7. The van der Waals surface area contributed by atoms with E-state index in [4.69, 9.17) is 9.84 Å². The van der Waals surface area contributed by atoms with E-state index in [1.165, 1.54) is 0 Å². The third kappa shape index (κ3) is 3.22. The first-order chi connectivity index (χ1) is 8.61. The fourth-order valence-corrected chi connectivity index (χ4v) is 2.75. The number of aliphatic carboxylic acids is 1. The minimum atomic E-state index is -0.780. The van der Waals surface area contributed by atoms with Gasteiger partial charge in [-0.1, -0.05) is 6.42 Å². The highest BCUT2D eigenvalue weighted by Gasteiger charge is 2.39. The van der Waals surface area contributed by atoms with Gasteiger partial charge in [-0.2, -0.15) is 0 Å². The highest BCUT2D eigenvalue weighted by molar-refractivity contribution is 5.81. The first kappa shape index (κ1) is 13.3. The molecule has 1 aliphatic carbocycles. The number of ether oxygens (including phenoxy) is 1. The van der Waals surface area contributed by atoms with E-state index in [2.05, 4.69) is 5.32 Å². The summed E-state index contributed by atoms with van der Waals surface area (Å²) >= 11 is 0. The van der Waals surface area contributed by atoms with Crippen molar-refractivity contribution in [2.45, 2.75) is 51.0 Å². The first-order valence-corrected chi connectivity index (χ1v) is 6.72. The van der Waals surface area contributed by atoms with Crippen molar-refractivity contribution in [1.29, 1.82) is 0 Å². The smallest absolute Gasteiger partial charge is 0.303 e. The number of carboxylic acids is 1. The maximum atomic E-state index is 11.9. The minimum absolute atomic E-state index is 0.0774. The molecule has 1 atom stereocenters. The van der Waals surface area contributed by atoms with Crippen molar-refractivity contribution in [2.24, 2.45) is 5.41 Å². The Hall–Kier alpha value is -1.10. The minimum Gasteiger partial charge on any atom is -0.481 e. The van der Waals surface area contributed by atoms with Gasteiger partial charge in [0.05, 0.1) is 6.42 Å². The van der Waals surface area contributed by atoms with Crippen LogP contribution < -0.4 is 5.32 Å². The van der Waals surface area contributed by atoms with Gasteiger partial charge in [-0.15, -0.1) is 0 Å². The zero-order valence-corrected chi connectivity index (χ0v) is 10.6. The number of carbonyl (C=O) groups excluding carboxylic acids is 1. The van der Waals surface area contributed by atoms with E-state index in [0.29, 0.717) is 13.2 Å². The first-order valence-electron chi connectivity index (χ1n) is 6.72. The standard InChI is InChI=1S/C13H21NO4/c15-11(16)8-13(5-3-6-13)9-14-12(17)10-4-1-2-7-18-10/h10H,1-9H2,(H,14,17)(H,15,16). The summed E-state index contributed by atoms with van der Waals surface area (Å²) in [6.07, 6.45) is 5.49. The molecule has 2 N–H and O–H groups in total. The van der Waals surface area contributed by atoms with Crippen LogP contribution in [0.3, 0.4) is 0 Å². The number of rotatable bonds is 5. The third-order valence-electron chi connectivity index (χ3n) is 4.05. The molecule has 1 saturated heterocycles. The lowest BCUT2D eigenvalue weighted by atomic mass is 9.66. The molecule has 2 rings (SSSR count). The summed E-state index contributed by atoms with van der Waals surface area (Å²) in [5, 5.41) is 11.8. The van der Waals surface area contributed by atoms with Crippen LogP contribution in [0.1, 0.15) is 44.9 Å². The Balaban J connectivity index is 1.78. The van der Waals surface area contributed by atoms with E-state index < -0.39 is 5.97 Å². The molecule has 1 heterocycles. The molecule has 0 spiro atoms. The van der Waals surface area contributed by atoms with Crippen LogP contribution in [0.4, 0.5) is 0 Å². The molecule has 1 amide bonds. The van der Waals surface area contributed by atoms with Crippen molar-refractivity contribution < 1.29 is 19.4 Å². The number of amides is 1. The molecule has 1 aliphatic heterocycles. The lowest BCUT2D eigenvalue weighted by molar-refractivity contribution is -0.143. The summed E-state index contributed by atoms with van der Waals surface area (Å²) in [6, 6.07) is 0. The highest BCUT2D eigenvalue weighted by Crippen LogP contribution is 2.43. The number of carbonyl (C=O) groups is 2. The number of carboxylic acid groups (broad SMARTS) is 1. The lowest BCUT2D eigenvalue weighted by Crippen LogP contribution is -2.47. The maximum Gasteiger partial charge on any atom is 0.303 e. The second-order valence-electron chi connectivity index (χ2n) is 5.50. The number of nitrogens with one attached hydrogen (secondary N) is 1. The summed E-state index contributed by atoms with van der Waals surface area (Å²) in [6.45, 7) is 1.12. The van der Waals surface area contributed by atoms with Gasteiger partial charge in [-0.25, -0.2) is 0 Å². The van der Waals surface area contributed by atoms with E-state index >= 15 is 0 Å². The van der Waals surface area contributed by atoms with Crippen LogP contribution in [-0.4, -0.2) is 36.2 Å². The fraction of sp³-hybridized carbons (Fsp3) is 0.846. The average Bonchev–Trinajstić information content (AvgIpc) is 2.32. The SMILES string of the molecule is O=C(O)CC1(CNC(=O)C2CCCCO2)CCC1. The summed E-state index contributed by atoms with van der Waals surface area (Å²) < 4.78 is 5.41. The van der Waals surface area contributed by atoms with Gasteiger partial charge in [-0.3, -0.25) is 9.59 Å². The Morgan fingerprint density at radius 2 is 2.06 bits per heavy atom. The fourth-order valence-electron chi connectivity index (χ4n) is 2.75. The Morgan fingerprint density at radius 1 is 1.28 bits per heavy atom. The van der Waals surface area contributed by atoms with Gasteiger partial charge in [0.25, 0.3) is 0 Å². The van der Waals surface area contributed by atoms with Crippen molar-refractivity contribution in [1.82, 2.24) is 5.32 Å². The molecule has 1 unspecified atom stereocenters. The zero-order chi connectivity index (χ0) is 13.0. The van der Waals surface area contributed by atoms with Crippen LogP contribution in [0.2, 0.25) is 0 Å². The molecular formula is C13H21NO4. The monoisotopic (exact) mass is 255 g/mol.